The van der Waals surface area contributed by atoms with Gasteiger partial charge in [0.15, 0.2) is 9.84 Å². The number of piperazine rings is 1. The molecular weight excluding hydrogens is 438 g/mol. The molecule has 2 saturated heterocycles. The van der Waals surface area contributed by atoms with Crippen LogP contribution in [0.4, 0.5) is 0 Å². The molecule has 0 bridgehead atoms. The van der Waals surface area contributed by atoms with Crippen molar-refractivity contribution >= 4 is 30.9 Å². The van der Waals surface area contributed by atoms with E-state index in [1.165, 1.54) is 0 Å². The average Bonchev–Trinajstić information content (AvgIpc) is 3.25. The molecule has 3 heterocycles. The quantitative estimate of drug-likeness (QED) is 0.637. The lowest BCUT2D eigenvalue weighted by atomic mass is 10.2. The number of sulfonamides is 1. The largest absolute Gasteiger partial charge is 0.327 e. The highest BCUT2D eigenvalue weighted by molar-refractivity contribution is 7.91. The van der Waals surface area contributed by atoms with Crippen LogP contribution in [0.15, 0.2) is 23.1 Å². The van der Waals surface area contributed by atoms with Crippen molar-refractivity contribution in [3.8, 4) is 0 Å². The number of hydrogen-bond donors (Lipinski definition) is 1. The molecule has 2 aromatic rings. The molecule has 1 aromatic heterocycles. The summed E-state index contributed by atoms with van der Waals surface area (Å²) in [6.07, 6.45) is 2.80. The summed E-state index contributed by atoms with van der Waals surface area (Å²) in [5.41, 5.74) is 1.57. The molecule has 31 heavy (non-hydrogen) atoms. The highest BCUT2D eigenvalue weighted by Crippen LogP contribution is 2.23. The second-order valence-corrected chi connectivity index (χ2v) is 12.4. The van der Waals surface area contributed by atoms with Crippen LogP contribution < -0.4 is 5.14 Å². The second kappa shape index (κ2) is 8.78. The Balaban J connectivity index is 1.49. The summed E-state index contributed by atoms with van der Waals surface area (Å²) in [4.78, 5) is 9.48. The second-order valence-electron chi connectivity index (χ2n) is 8.60. The third kappa shape index (κ3) is 5.11. The Bertz CT molecular complexity index is 1150. The number of imidazole rings is 1. The number of rotatable bonds is 7. The first-order valence-corrected chi connectivity index (χ1v) is 14.2. The Labute approximate surface area is 184 Å². The van der Waals surface area contributed by atoms with Crippen molar-refractivity contribution < 1.29 is 16.8 Å². The van der Waals surface area contributed by atoms with Crippen molar-refractivity contribution in [1.82, 2.24) is 19.4 Å². The molecule has 172 valence electrons. The number of aromatic nitrogens is 2. The Hall–Kier alpha value is -1.53. The topological polar surface area (TPSA) is 119 Å². The van der Waals surface area contributed by atoms with Gasteiger partial charge in [0, 0.05) is 38.8 Å². The summed E-state index contributed by atoms with van der Waals surface area (Å²) >= 11 is 0. The van der Waals surface area contributed by atoms with Gasteiger partial charge in [-0.3, -0.25) is 9.80 Å². The highest BCUT2D eigenvalue weighted by atomic mass is 32.2. The molecule has 2 fully saturated rings. The number of unbranched alkanes of at least 4 members (excludes halogenated alkanes) is 1. The summed E-state index contributed by atoms with van der Waals surface area (Å²) in [5, 5.41) is 5.29. The number of nitrogens with zero attached hydrogens (tertiary/aromatic N) is 4. The van der Waals surface area contributed by atoms with E-state index in [0.29, 0.717) is 17.8 Å². The lowest BCUT2D eigenvalue weighted by Gasteiger charge is -2.37. The van der Waals surface area contributed by atoms with Gasteiger partial charge < -0.3 is 4.57 Å². The van der Waals surface area contributed by atoms with Gasteiger partial charge in [-0.1, -0.05) is 13.3 Å². The van der Waals surface area contributed by atoms with E-state index in [1.54, 1.807) is 18.2 Å². The van der Waals surface area contributed by atoms with Gasteiger partial charge in [-0.2, -0.15) is 0 Å². The van der Waals surface area contributed by atoms with Crippen molar-refractivity contribution in [2.45, 2.75) is 50.2 Å². The summed E-state index contributed by atoms with van der Waals surface area (Å²) < 4.78 is 49.2. The highest BCUT2D eigenvalue weighted by Gasteiger charge is 2.33. The first-order chi connectivity index (χ1) is 14.7. The zero-order chi connectivity index (χ0) is 22.2. The lowest BCUT2D eigenvalue weighted by molar-refractivity contribution is 0.0977. The molecule has 0 unspecified atom stereocenters. The maximum atomic E-state index is 11.8. The van der Waals surface area contributed by atoms with Gasteiger partial charge in [0.25, 0.3) is 0 Å². The molecule has 2 aliphatic heterocycles. The molecule has 0 saturated carbocycles. The van der Waals surface area contributed by atoms with E-state index in [9.17, 15) is 16.8 Å². The van der Waals surface area contributed by atoms with Crippen molar-refractivity contribution in [2.75, 3.05) is 37.7 Å². The Kier molecular flexibility index (Phi) is 6.42. The Morgan fingerprint density at radius 2 is 1.94 bits per heavy atom. The predicted molar refractivity (Wildman–Crippen MR) is 120 cm³/mol. The van der Waals surface area contributed by atoms with Crippen LogP contribution >= 0.6 is 0 Å². The molecule has 1 atom stereocenters. The van der Waals surface area contributed by atoms with E-state index in [1.807, 2.05) is 0 Å². The molecule has 0 aliphatic carbocycles. The minimum atomic E-state index is -3.77. The molecule has 1 aromatic carbocycles. The average molecular weight is 470 g/mol. The van der Waals surface area contributed by atoms with Gasteiger partial charge in [0.05, 0.1) is 34.0 Å². The van der Waals surface area contributed by atoms with Crippen molar-refractivity contribution in [3.63, 3.8) is 0 Å². The predicted octanol–water partition coefficient (Wildman–Crippen LogP) is 0.789. The lowest BCUT2D eigenvalue weighted by Crippen LogP contribution is -2.50. The molecule has 0 spiro atoms. The molecular formula is C20H31N5O4S2. The molecule has 2 aliphatic rings. The molecule has 2 N–H and O–H groups in total. The molecule has 4 rings (SSSR count). The maximum Gasteiger partial charge on any atom is 0.238 e. The normalized spacial score (nSPS) is 23.0. The standard InChI is InChI=1S/C20H31N5O4S2/c1-2-3-7-25-19-5-4-17(31(21,28)29)13-18(19)22-20(25)14-23-8-10-24(11-9-23)16-6-12-30(26,27)15-16/h4-5,13,16H,2-3,6-12,14-15H2,1H3,(H2,21,28,29)/t16-/m1/s1. The zero-order valence-electron chi connectivity index (χ0n) is 17.9. The van der Waals surface area contributed by atoms with Crippen molar-refractivity contribution in [1.29, 1.82) is 0 Å². The monoisotopic (exact) mass is 469 g/mol. The van der Waals surface area contributed by atoms with Crippen LogP contribution in [0.3, 0.4) is 0 Å². The van der Waals surface area contributed by atoms with Gasteiger partial charge in [-0.25, -0.2) is 27.0 Å². The van der Waals surface area contributed by atoms with Crippen LogP contribution in [0.5, 0.6) is 0 Å². The fourth-order valence-electron chi connectivity index (χ4n) is 4.57. The van der Waals surface area contributed by atoms with E-state index in [0.717, 1.165) is 63.3 Å². The fraction of sp³-hybridized carbons (Fsp3) is 0.650. The van der Waals surface area contributed by atoms with Gasteiger partial charge in [0.2, 0.25) is 10.0 Å². The molecule has 9 nitrogen and oxygen atoms in total. The van der Waals surface area contributed by atoms with E-state index in [-0.39, 0.29) is 16.7 Å². The first kappa shape index (κ1) is 22.7. The van der Waals surface area contributed by atoms with Crippen LogP contribution in [0, 0.1) is 0 Å². The van der Waals surface area contributed by atoms with E-state index in [4.69, 9.17) is 10.1 Å². The number of aryl methyl sites for hydroxylation is 1. The number of benzene rings is 1. The third-order valence-corrected chi connectivity index (χ3v) is 9.02. The Morgan fingerprint density at radius 3 is 2.55 bits per heavy atom. The number of primary sulfonamides is 1. The smallest absolute Gasteiger partial charge is 0.238 e. The maximum absolute atomic E-state index is 11.8. The molecule has 0 amide bonds. The van der Waals surface area contributed by atoms with Gasteiger partial charge in [0.1, 0.15) is 5.82 Å². The number of nitrogens with two attached hydrogens (primary N) is 1. The van der Waals surface area contributed by atoms with Crippen LogP contribution in [0.25, 0.3) is 11.0 Å². The summed E-state index contributed by atoms with van der Waals surface area (Å²) in [6.45, 7) is 7.07. The summed E-state index contributed by atoms with van der Waals surface area (Å²) in [7, 11) is -6.64. The van der Waals surface area contributed by atoms with Crippen LogP contribution in [-0.2, 0) is 33.0 Å². The van der Waals surface area contributed by atoms with Gasteiger partial charge in [-0.15, -0.1) is 0 Å². The molecule has 0 radical (unpaired) electrons. The Morgan fingerprint density at radius 1 is 1.19 bits per heavy atom. The molecule has 11 heteroatoms. The van der Waals surface area contributed by atoms with Crippen LogP contribution in [-0.4, -0.2) is 79.9 Å². The number of fused-ring (bicyclic) bond motifs is 1. The van der Waals surface area contributed by atoms with E-state index < -0.39 is 19.9 Å². The van der Waals surface area contributed by atoms with Gasteiger partial charge in [-0.05, 0) is 31.0 Å². The summed E-state index contributed by atoms with van der Waals surface area (Å²) in [6, 6.07) is 5.03. The minimum Gasteiger partial charge on any atom is -0.327 e. The van der Waals surface area contributed by atoms with E-state index in [2.05, 4.69) is 21.3 Å². The SMILES string of the molecule is CCCCn1c(CN2CCN([C@@H]3CCS(=O)(=O)C3)CC2)nc2cc(S(N)(=O)=O)ccc21. The first-order valence-electron chi connectivity index (χ1n) is 10.8. The summed E-state index contributed by atoms with van der Waals surface area (Å²) in [5.74, 6) is 1.51. The van der Waals surface area contributed by atoms with Crippen molar-refractivity contribution in [3.05, 3.63) is 24.0 Å². The minimum absolute atomic E-state index is 0.0758. The van der Waals surface area contributed by atoms with Crippen LogP contribution in [0.2, 0.25) is 0 Å². The fourth-order valence-corrected chi connectivity index (χ4v) is 6.87. The van der Waals surface area contributed by atoms with Crippen LogP contribution in [0.1, 0.15) is 32.0 Å². The number of sulfone groups is 1. The zero-order valence-corrected chi connectivity index (χ0v) is 19.5. The number of hydrogen-bond acceptors (Lipinski definition) is 7. The third-order valence-electron chi connectivity index (χ3n) is 6.36. The van der Waals surface area contributed by atoms with E-state index >= 15 is 0 Å². The van der Waals surface area contributed by atoms with Crippen molar-refractivity contribution in [2.24, 2.45) is 5.14 Å². The van der Waals surface area contributed by atoms with Gasteiger partial charge >= 0.3 is 0 Å².